The Bertz CT molecular complexity index is 305. The third-order valence-corrected chi connectivity index (χ3v) is 4.80. The van der Waals surface area contributed by atoms with Crippen molar-refractivity contribution >= 4 is 12.6 Å². The van der Waals surface area contributed by atoms with Gasteiger partial charge in [-0.15, -0.1) is 0 Å². The smallest absolute Gasteiger partial charge is 0.184 e. The topological polar surface area (TPSA) is 57.2 Å². The van der Waals surface area contributed by atoms with Crippen LogP contribution in [0.15, 0.2) is 0 Å². The average Bonchev–Trinajstić information content (AvgIpc) is 2.57. The second-order valence-electron chi connectivity index (χ2n) is 6.36. The zero-order valence-corrected chi connectivity index (χ0v) is 16.4. The van der Waals surface area contributed by atoms with Gasteiger partial charge in [-0.2, -0.15) is 12.6 Å². The van der Waals surface area contributed by atoms with Gasteiger partial charge in [-0.3, -0.25) is 0 Å². The zero-order valence-electron chi connectivity index (χ0n) is 15.5. The molecule has 1 rings (SSSR count). The molecule has 0 aromatic heterocycles. The van der Waals surface area contributed by atoms with Crippen LogP contribution in [-0.2, 0) is 18.9 Å². The van der Waals surface area contributed by atoms with Gasteiger partial charge >= 0.3 is 0 Å². The first-order valence-corrected chi connectivity index (χ1v) is 9.99. The zero-order chi connectivity index (χ0) is 17.8. The predicted octanol–water partition coefficient (Wildman–Crippen LogP) is 3.19. The molecule has 0 aromatic rings. The largest absolute Gasteiger partial charge is 0.379 e. The number of rotatable bonds is 13. The summed E-state index contributed by atoms with van der Waals surface area (Å²) in [4.78, 5) is 0. The van der Waals surface area contributed by atoms with Gasteiger partial charge < -0.3 is 24.1 Å². The molecule has 24 heavy (non-hydrogen) atoms. The van der Waals surface area contributed by atoms with Crippen molar-refractivity contribution in [2.75, 3.05) is 26.4 Å². The maximum absolute atomic E-state index is 10.4. The molecule has 3 unspecified atom stereocenters. The van der Waals surface area contributed by atoms with Crippen molar-refractivity contribution in [2.45, 2.75) is 89.1 Å². The van der Waals surface area contributed by atoms with E-state index in [4.69, 9.17) is 31.6 Å². The summed E-state index contributed by atoms with van der Waals surface area (Å²) in [5.74, 6) is 0. The number of ether oxygens (including phenoxy) is 4. The molecule has 1 aliphatic heterocycles. The molecule has 0 aliphatic carbocycles. The van der Waals surface area contributed by atoms with Crippen LogP contribution in [0.1, 0.15) is 59.3 Å². The van der Waals surface area contributed by atoms with Gasteiger partial charge in [-0.25, -0.2) is 0 Å². The fraction of sp³-hybridized carbons (Fsp3) is 1.00. The van der Waals surface area contributed by atoms with Gasteiger partial charge in [0, 0.05) is 19.8 Å². The summed E-state index contributed by atoms with van der Waals surface area (Å²) in [6.07, 6.45) is 4.06. The quantitative estimate of drug-likeness (QED) is 0.388. The third-order valence-electron chi connectivity index (χ3n) is 4.18. The Morgan fingerprint density at radius 2 is 1.42 bits per heavy atom. The molecule has 0 spiro atoms. The van der Waals surface area contributed by atoms with E-state index in [9.17, 15) is 5.11 Å². The van der Waals surface area contributed by atoms with Crippen molar-refractivity contribution in [3.63, 3.8) is 0 Å². The van der Waals surface area contributed by atoms with Crippen molar-refractivity contribution in [1.29, 1.82) is 0 Å². The number of thiol groups is 1. The second kappa shape index (κ2) is 13.4. The molecule has 0 saturated carbocycles. The Morgan fingerprint density at radius 3 is 2.00 bits per heavy atom. The molecular formula is C18H36O5S. The standard InChI is InChI=1S/C18H36O5S/c1-4-7-10-20-13-14-17(24)15(21-11-8-5-2)16(18(19)23-14)22-12-9-6-3/h14-19,24H,4-13H2,1-3H3/t14?,15?,16?,17-,18-/m0/s1. The van der Waals surface area contributed by atoms with Crippen LogP contribution in [0.5, 0.6) is 0 Å². The molecule has 5 atom stereocenters. The summed E-state index contributed by atoms with van der Waals surface area (Å²) in [6, 6.07) is 0. The summed E-state index contributed by atoms with van der Waals surface area (Å²) in [5, 5.41) is 10.2. The molecule has 1 fully saturated rings. The van der Waals surface area contributed by atoms with Gasteiger partial charge in [0.05, 0.1) is 18.0 Å². The Morgan fingerprint density at radius 1 is 0.875 bits per heavy atom. The van der Waals surface area contributed by atoms with E-state index in [2.05, 4.69) is 20.8 Å². The number of aliphatic hydroxyl groups excluding tert-OH is 1. The van der Waals surface area contributed by atoms with Gasteiger partial charge in [0.15, 0.2) is 6.29 Å². The van der Waals surface area contributed by atoms with E-state index in [0.29, 0.717) is 26.4 Å². The fourth-order valence-corrected chi connectivity index (χ4v) is 3.00. The molecule has 1 aliphatic rings. The first-order valence-electron chi connectivity index (χ1n) is 9.48. The van der Waals surface area contributed by atoms with Gasteiger partial charge in [-0.1, -0.05) is 40.0 Å². The highest BCUT2D eigenvalue weighted by molar-refractivity contribution is 7.81. The second-order valence-corrected chi connectivity index (χ2v) is 6.96. The van der Waals surface area contributed by atoms with E-state index in [1.807, 2.05) is 0 Å². The highest BCUT2D eigenvalue weighted by atomic mass is 32.1. The lowest BCUT2D eigenvalue weighted by atomic mass is 10.0. The highest BCUT2D eigenvalue weighted by Crippen LogP contribution is 2.29. The number of unbranched alkanes of at least 4 members (excludes halogenated alkanes) is 3. The summed E-state index contributed by atoms with van der Waals surface area (Å²) >= 11 is 4.70. The third kappa shape index (κ3) is 7.58. The minimum Gasteiger partial charge on any atom is -0.379 e. The molecule has 0 amide bonds. The number of hydrogen-bond acceptors (Lipinski definition) is 6. The molecule has 1 saturated heterocycles. The minimum atomic E-state index is -1.00. The molecule has 1 heterocycles. The van der Waals surface area contributed by atoms with E-state index in [0.717, 1.165) is 38.5 Å². The van der Waals surface area contributed by atoms with Crippen LogP contribution >= 0.6 is 12.6 Å². The summed E-state index contributed by atoms with van der Waals surface area (Å²) in [5.41, 5.74) is 0. The van der Waals surface area contributed by atoms with Crippen molar-refractivity contribution in [2.24, 2.45) is 0 Å². The van der Waals surface area contributed by atoms with Crippen molar-refractivity contribution in [1.82, 2.24) is 0 Å². The Hall–Kier alpha value is 0.150. The van der Waals surface area contributed by atoms with Crippen LogP contribution in [0.4, 0.5) is 0 Å². The van der Waals surface area contributed by atoms with Crippen LogP contribution in [0.3, 0.4) is 0 Å². The van der Waals surface area contributed by atoms with Crippen molar-refractivity contribution in [3.05, 3.63) is 0 Å². The minimum absolute atomic E-state index is 0.182. The molecule has 0 radical (unpaired) electrons. The van der Waals surface area contributed by atoms with E-state index in [1.165, 1.54) is 0 Å². The van der Waals surface area contributed by atoms with Crippen molar-refractivity contribution < 1.29 is 24.1 Å². The normalized spacial score (nSPS) is 30.6. The molecule has 6 heteroatoms. The summed E-state index contributed by atoms with van der Waals surface area (Å²) in [7, 11) is 0. The number of hydrogen-bond donors (Lipinski definition) is 2. The predicted molar refractivity (Wildman–Crippen MR) is 98.7 cm³/mol. The lowest BCUT2D eigenvalue weighted by Crippen LogP contribution is -2.58. The summed E-state index contributed by atoms with van der Waals surface area (Å²) < 4.78 is 23.2. The Kier molecular flexibility index (Phi) is 12.4. The summed E-state index contributed by atoms with van der Waals surface area (Å²) in [6.45, 7) is 8.71. The fourth-order valence-electron chi connectivity index (χ4n) is 2.59. The Labute approximate surface area is 152 Å². The molecule has 144 valence electrons. The molecule has 1 N–H and O–H groups in total. The average molecular weight is 365 g/mol. The van der Waals surface area contributed by atoms with Crippen LogP contribution in [0, 0.1) is 0 Å². The maximum Gasteiger partial charge on any atom is 0.184 e. The molecule has 5 nitrogen and oxygen atoms in total. The van der Waals surface area contributed by atoms with Gasteiger partial charge in [-0.05, 0) is 19.3 Å². The molecule has 0 aromatic carbocycles. The van der Waals surface area contributed by atoms with Gasteiger partial charge in [0.25, 0.3) is 0 Å². The molecule has 0 bridgehead atoms. The number of aliphatic hydroxyl groups is 1. The SMILES string of the molecule is CCCCOCC1O[C@H](O)C(OCCCC)C(OCCCC)[C@H]1S. The van der Waals surface area contributed by atoms with Crippen LogP contribution < -0.4 is 0 Å². The lowest BCUT2D eigenvalue weighted by Gasteiger charge is -2.43. The van der Waals surface area contributed by atoms with E-state index in [1.54, 1.807) is 0 Å². The molecular weight excluding hydrogens is 328 g/mol. The van der Waals surface area contributed by atoms with Crippen LogP contribution in [0.2, 0.25) is 0 Å². The van der Waals surface area contributed by atoms with E-state index < -0.39 is 12.4 Å². The maximum atomic E-state index is 10.4. The van der Waals surface area contributed by atoms with Crippen molar-refractivity contribution in [3.8, 4) is 0 Å². The highest BCUT2D eigenvalue weighted by Gasteiger charge is 2.45. The van der Waals surface area contributed by atoms with E-state index >= 15 is 0 Å². The first-order chi connectivity index (χ1) is 11.7. The van der Waals surface area contributed by atoms with Crippen LogP contribution in [0.25, 0.3) is 0 Å². The monoisotopic (exact) mass is 364 g/mol. The Balaban J connectivity index is 2.61. The van der Waals surface area contributed by atoms with Crippen LogP contribution in [-0.4, -0.2) is 61.4 Å². The van der Waals surface area contributed by atoms with E-state index in [-0.39, 0.29) is 17.5 Å². The first kappa shape index (κ1) is 22.2. The van der Waals surface area contributed by atoms with Gasteiger partial charge in [0.1, 0.15) is 12.2 Å². The lowest BCUT2D eigenvalue weighted by molar-refractivity contribution is -0.270. The van der Waals surface area contributed by atoms with Gasteiger partial charge in [0.2, 0.25) is 0 Å².